The van der Waals surface area contributed by atoms with E-state index in [2.05, 4.69) is 20.8 Å². The Labute approximate surface area is 138 Å². The first-order valence-electron chi connectivity index (χ1n) is 7.78. The number of para-hydroxylation sites is 1. The average Bonchev–Trinajstić information content (AvgIpc) is 3.16. The number of anilines is 1. The molecule has 0 radical (unpaired) electrons. The molecule has 1 atom stereocenters. The summed E-state index contributed by atoms with van der Waals surface area (Å²) in [6.45, 7) is 1.92. The summed E-state index contributed by atoms with van der Waals surface area (Å²) in [5.74, 6) is -0.225. The van der Waals surface area contributed by atoms with Gasteiger partial charge in [-0.15, -0.1) is 0 Å². The van der Waals surface area contributed by atoms with E-state index in [0.29, 0.717) is 12.1 Å². The van der Waals surface area contributed by atoms with Crippen LogP contribution >= 0.6 is 0 Å². The molecule has 3 aromatic rings. The van der Waals surface area contributed by atoms with Crippen LogP contribution in [0.2, 0.25) is 0 Å². The van der Waals surface area contributed by atoms with Gasteiger partial charge in [-0.3, -0.25) is 14.7 Å². The van der Waals surface area contributed by atoms with E-state index < -0.39 is 0 Å². The highest BCUT2D eigenvalue weighted by atomic mass is 16.2. The molecule has 4 rings (SSSR count). The van der Waals surface area contributed by atoms with Gasteiger partial charge in [-0.25, -0.2) is 0 Å². The fourth-order valence-corrected chi connectivity index (χ4v) is 3.00. The van der Waals surface area contributed by atoms with Gasteiger partial charge in [0.1, 0.15) is 0 Å². The van der Waals surface area contributed by atoms with Crippen molar-refractivity contribution in [3.8, 4) is 0 Å². The first kappa shape index (κ1) is 14.4. The predicted molar refractivity (Wildman–Crippen MR) is 90.8 cm³/mol. The molecule has 2 amide bonds. The third-order valence-electron chi connectivity index (χ3n) is 4.29. The number of hydrogen-bond donors (Lipinski definition) is 3. The van der Waals surface area contributed by atoms with Crippen molar-refractivity contribution >= 4 is 28.4 Å². The quantitative estimate of drug-likeness (QED) is 0.693. The molecule has 6 heteroatoms. The number of nitrogens with zero attached hydrogens (tertiary/aromatic N) is 1. The van der Waals surface area contributed by atoms with Gasteiger partial charge in [-0.2, -0.15) is 5.10 Å². The van der Waals surface area contributed by atoms with Gasteiger partial charge in [-0.1, -0.05) is 30.3 Å². The molecule has 0 aliphatic carbocycles. The summed E-state index contributed by atoms with van der Waals surface area (Å²) in [6.07, 6.45) is 0.383. The average molecular weight is 320 g/mol. The number of carbonyl (C=O) groups is 2. The summed E-state index contributed by atoms with van der Waals surface area (Å²) in [5, 5.41) is 13.6. The minimum Gasteiger partial charge on any atom is -0.344 e. The summed E-state index contributed by atoms with van der Waals surface area (Å²) in [4.78, 5) is 24.0. The summed E-state index contributed by atoms with van der Waals surface area (Å²) in [5.41, 5.74) is 3.98. The first-order chi connectivity index (χ1) is 11.6. The van der Waals surface area contributed by atoms with Crippen LogP contribution in [-0.4, -0.2) is 22.0 Å². The monoisotopic (exact) mass is 320 g/mol. The molecule has 1 unspecified atom stereocenters. The SMILES string of the molecule is CC(NC(=O)c1n[nH]c2ccccc12)c1ccc2c(c1)CC(=O)N2. The van der Waals surface area contributed by atoms with Crippen molar-refractivity contribution in [1.82, 2.24) is 15.5 Å². The number of rotatable bonds is 3. The van der Waals surface area contributed by atoms with Gasteiger partial charge in [0, 0.05) is 11.1 Å². The molecule has 2 aromatic carbocycles. The molecule has 6 nitrogen and oxygen atoms in total. The predicted octanol–water partition coefficient (Wildman–Crippen LogP) is 2.55. The van der Waals surface area contributed by atoms with Crippen LogP contribution < -0.4 is 10.6 Å². The van der Waals surface area contributed by atoms with Gasteiger partial charge >= 0.3 is 0 Å². The van der Waals surface area contributed by atoms with Crippen molar-refractivity contribution in [3.63, 3.8) is 0 Å². The second-order valence-corrected chi connectivity index (χ2v) is 5.95. The van der Waals surface area contributed by atoms with E-state index in [4.69, 9.17) is 0 Å². The molecule has 24 heavy (non-hydrogen) atoms. The molecule has 0 fully saturated rings. The number of benzene rings is 2. The number of aromatic nitrogens is 2. The largest absolute Gasteiger partial charge is 0.344 e. The maximum absolute atomic E-state index is 12.5. The summed E-state index contributed by atoms with van der Waals surface area (Å²) < 4.78 is 0. The van der Waals surface area contributed by atoms with Gasteiger partial charge in [0.2, 0.25) is 5.91 Å². The summed E-state index contributed by atoms with van der Waals surface area (Å²) in [7, 11) is 0. The van der Waals surface area contributed by atoms with Crippen LogP contribution in [0.15, 0.2) is 42.5 Å². The highest BCUT2D eigenvalue weighted by Crippen LogP contribution is 2.26. The van der Waals surface area contributed by atoms with E-state index in [1.54, 1.807) is 0 Å². The zero-order chi connectivity index (χ0) is 16.7. The molecule has 0 bridgehead atoms. The fraction of sp³-hybridized carbons (Fsp3) is 0.167. The molecule has 2 heterocycles. The van der Waals surface area contributed by atoms with E-state index in [0.717, 1.165) is 27.7 Å². The third-order valence-corrected chi connectivity index (χ3v) is 4.29. The lowest BCUT2D eigenvalue weighted by atomic mass is 10.0. The van der Waals surface area contributed by atoms with Crippen LogP contribution in [0.25, 0.3) is 10.9 Å². The number of amides is 2. The van der Waals surface area contributed by atoms with Crippen LogP contribution in [0.3, 0.4) is 0 Å². The summed E-state index contributed by atoms with van der Waals surface area (Å²) >= 11 is 0. The Hall–Kier alpha value is -3.15. The molecule has 1 aromatic heterocycles. The zero-order valence-electron chi connectivity index (χ0n) is 13.1. The standard InChI is InChI=1S/C18H16N4O2/c1-10(11-6-7-14-12(8-11)9-16(23)20-14)19-18(24)17-13-4-2-3-5-15(13)21-22-17/h2-8,10H,9H2,1H3,(H,19,24)(H,20,23)(H,21,22). The van der Waals surface area contributed by atoms with Crippen molar-refractivity contribution in [2.45, 2.75) is 19.4 Å². The van der Waals surface area contributed by atoms with Gasteiger partial charge in [0.05, 0.1) is 18.0 Å². The van der Waals surface area contributed by atoms with E-state index in [9.17, 15) is 9.59 Å². The van der Waals surface area contributed by atoms with Crippen LogP contribution in [-0.2, 0) is 11.2 Å². The molecular weight excluding hydrogens is 304 g/mol. The molecule has 1 aliphatic heterocycles. The zero-order valence-corrected chi connectivity index (χ0v) is 13.1. The topological polar surface area (TPSA) is 86.9 Å². The molecule has 1 aliphatic rings. The molecular formula is C18H16N4O2. The highest BCUT2D eigenvalue weighted by molar-refractivity contribution is 6.04. The Morgan fingerprint density at radius 3 is 2.96 bits per heavy atom. The van der Waals surface area contributed by atoms with E-state index in [-0.39, 0.29) is 17.9 Å². The van der Waals surface area contributed by atoms with Crippen molar-refractivity contribution in [2.75, 3.05) is 5.32 Å². The molecule has 120 valence electrons. The number of hydrogen-bond acceptors (Lipinski definition) is 3. The van der Waals surface area contributed by atoms with Crippen LogP contribution in [0, 0.1) is 0 Å². The van der Waals surface area contributed by atoms with Crippen molar-refractivity contribution in [1.29, 1.82) is 0 Å². The molecule has 0 spiro atoms. The number of fused-ring (bicyclic) bond motifs is 2. The van der Waals surface area contributed by atoms with E-state index in [1.165, 1.54) is 0 Å². The molecule has 3 N–H and O–H groups in total. The van der Waals surface area contributed by atoms with Gasteiger partial charge in [0.15, 0.2) is 5.69 Å². The van der Waals surface area contributed by atoms with E-state index in [1.807, 2.05) is 49.4 Å². The lowest BCUT2D eigenvalue weighted by Gasteiger charge is -2.14. The highest BCUT2D eigenvalue weighted by Gasteiger charge is 2.20. The minimum absolute atomic E-state index is 0.00170. The third kappa shape index (κ3) is 2.42. The summed E-state index contributed by atoms with van der Waals surface area (Å²) in [6, 6.07) is 13.1. The Bertz CT molecular complexity index is 961. The van der Waals surface area contributed by atoms with Crippen LogP contribution in [0.1, 0.15) is 34.6 Å². The van der Waals surface area contributed by atoms with Crippen molar-refractivity contribution in [2.24, 2.45) is 0 Å². The molecule has 0 saturated carbocycles. The number of aromatic amines is 1. The minimum atomic E-state index is -0.227. The second-order valence-electron chi connectivity index (χ2n) is 5.95. The maximum Gasteiger partial charge on any atom is 0.272 e. The van der Waals surface area contributed by atoms with Crippen molar-refractivity contribution in [3.05, 3.63) is 59.3 Å². The van der Waals surface area contributed by atoms with E-state index >= 15 is 0 Å². The fourth-order valence-electron chi connectivity index (χ4n) is 3.00. The Morgan fingerprint density at radius 2 is 2.08 bits per heavy atom. The normalized spacial score (nSPS) is 14.3. The van der Waals surface area contributed by atoms with Crippen LogP contribution in [0.4, 0.5) is 5.69 Å². The lowest BCUT2D eigenvalue weighted by molar-refractivity contribution is -0.115. The van der Waals surface area contributed by atoms with Gasteiger partial charge in [-0.05, 0) is 30.2 Å². The first-order valence-corrected chi connectivity index (χ1v) is 7.78. The van der Waals surface area contributed by atoms with Gasteiger partial charge in [0.25, 0.3) is 5.91 Å². The Kier molecular flexibility index (Phi) is 3.30. The molecule has 0 saturated heterocycles. The van der Waals surface area contributed by atoms with Crippen LogP contribution in [0.5, 0.6) is 0 Å². The second kappa shape index (κ2) is 5.49. The maximum atomic E-state index is 12.5. The number of H-pyrrole nitrogens is 1. The Balaban J connectivity index is 1.56. The smallest absolute Gasteiger partial charge is 0.272 e. The van der Waals surface area contributed by atoms with Crippen molar-refractivity contribution < 1.29 is 9.59 Å². The number of nitrogens with one attached hydrogen (secondary N) is 3. The number of carbonyl (C=O) groups excluding carboxylic acids is 2. The van der Waals surface area contributed by atoms with Gasteiger partial charge < -0.3 is 10.6 Å². The Morgan fingerprint density at radius 1 is 1.25 bits per heavy atom. The lowest BCUT2D eigenvalue weighted by Crippen LogP contribution is -2.27.